The van der Waals surface area contributed by atoms with E-state index in [0.29, 0.717) is 38.8 Å². The van der Waals surface area contributed by atoms with Crippen LogP contribution in [0.4, 0.5) is 0 Å². The van der Waals surface area contributed by atoms with E-state index in [1.165, 1.54) is 6.92 Å². The Labute approximate surface area is 118 Å². The summed E-state index contributed by atoms with van der Waals surface area (Å²) in [5.74, 6) is -1.24. The minimum Gasteiger partial charge on any atom is -0.480 e. The Bertz CT molecular complexity index is 407. The molecule has 0 radical (unpaired) electrons. The van der Waals surface area contributed by atoms with Gasteiger partial charge in [-0.3, -0.25) is 9.59 Å². The smallest absolute Gasteiger partial charge is 0.329 e. The van der Waals surface area contributed by atoms with Crippen LogP contribution >= 0.6 is 0 Å². The summed E-state index contributed by atoms with van der Waals surface area (Å²) >= 11 is 0. The van der Waals surface area contributed by atoms with Crippen molar-refractivity contribution < 1.29 is 19.5 Å². The van der Waals surface area contributed by atoms with Crippen LogP contribution in [-0.2, 0) is 14.4 Å². The maximum absolute atomic E-state index is 12.3. The molecule has 0 atom stereocenters. The van der Waals surface area contributed by atoms with E-state index in [4.69, 9.17) is 0 Å². The molecule has 112 valence electrons. The van der Waals surface area contributed by atoms with E-state index in [0.717, 1.165) is 12.8 Å². The summed E-state index contributed by atoms with van der Waals surface area (Å²) in [4.78, 5) is 36.6. The molecule has 6 heteroatoms. The fourth-order valence-electron chi connectivity index (χ4n) is 3.17. The van der Waals surface area contributed by atoms with E-state index < -0.39 is 11.5 Å². The molecule has 2 aliphatic rings. The zero-order valence-corrected chi connectivity index (χ0v) is 11.9. The van der Waals surface area contributed by atoms with Crippen molar-refractivity contribution in [3.63, 3.8) is 0 Å². The minimum atomic E-state index is -1.06. The van der Waals surface area contributed by atoms with Crippen LogP contribution in [0.1, 0.15) is 45.4 Å². The monoisotopic (exact) mass is 282 g/mol. The highest BCUT2D eigenvalue weighted by atomic mass is 16.4. The Morgan fingerprint density at radius 2 is 1.70 bits per heavy atom. The average molecular weight is 282 g/mol. The lowest BCUT2D eigenvalue weighted by Gasteiger charge is -2.33. The maximum atomic E-state index is 12.3. The van der Waals surface area contributed by atoms with Crippen LogP contribution in [0.25, 0.3) is 0 Å². The first-order valence-corrected chi connectivity index (χ1v) is 7.25. The van der Waals surface area contributed by atoms with Crippen molar-refractivity contribution in [2.75, 3.05) is 13.1 Å². The number of nitrogens with one attached hydrogen (secondary N) is 1. The number of likely N-dealkylation sites (tertiary alicyclic amines) is 1. The maximum Gasteiger partial charge on any atom is 0.329 e. The highest BCUT2D eigenvalue weighted by Gasteiger charge is 2.43. The molecule has 6 nitrogen and oxygen atoms in total. The van der Waals surface area contributed by atoms with Crippen molar-refractivity contribution in [2.24, 2.45) is 5.92 Å². The highest BCUT2D eigenvalue weighted by molar-refractivity contribution is 5.88. The lowest BCUT2D eigenvalue weighted by Crippen LogP contribution is -2.55. The fraction of sp³-hybridized carbons (Fsp3) is 0.786. The average Bonchev–Trinajstić information content (AvgIpc) is 2.88. The molecule has 0 bridgehead atoms. The first-order chi connectivity index (χ1) is 9.44. The molecular weight excluding hydrogens is 260 g/mol. The summed E-state index contributed by atoms with van der Waals surface area (Å²) in [6.07, 6.45) is 3.94. The van der Waals surface area contributed by atoms with Gasteiger partial charge in [0.1, 0.15) is 5.54 Å². The highest BCUT2D eigenvalue weighted by Crippen LogP contribution is 2.31. The standard InChI is InChI=1S/C14H22N2O4/c1-10(17)16-8-4-11(5-9-16)12(18)15-14(13(19)20)6-2-3-7-14/h11H,2-9H2,1H3,(H,15,18)(H,19,20). The number of carbonyl (C=O) groups excluding carboxylic acids is 2. The summed E-state index contributed by atoms with van der Waals surface area (Å²) in [5.41, 5.74) is -1.06. The normalized spacial score (nSPS) is 22.6. The van der Waals surface area contributed by atoms with E-state index >= 15 is 0 Å². The summed E-state index contributed by atoms with van der Waals surface area (Å²) < 4.78 is 0. The number of carboxylic acid groups (broad SMARTS) is 1. The van der Waals surface area contributed by atoms with Crippen LogP contribution in [0.5, 0.6) is 0 Å². The minimum absolute atomic E-state index is 0.0293. The van der Waals surface area contributed by atoms with E-state index in [-0.39, 0.29) is 17.7 Å². The van der Waals surface area contributed by atoms with Crippen LogP contribution in [0, 0.1) is 5.92 Å². The topological polar surface area (TPSA) is 86.7 Å². The molecule has 2 N–H and O–H groups in total. The van der Waals surface area contributed by atoms with Crippen LogP contribution in [-0.4, -0.2) is 46.4 Å². The molecule has 0 unspecified atom stereocenters. The fourth-order valence-corrected chi connectivity index (χ4v) is 3.17. The van der Waals surface area contributed by atoms with Crippen LogP contribution < -0.4 is 5.32 Å². The number of hydrogen-bond donors (Lipinski definition) is 2. The lowest BCUT2D eigenvalue weighted by molar-refractivity contribution is -0.148. The quantitative estimate of drug-likeness (QED) is 0.800. The molecule has 20 heavy (non-hydrogen) atoms. The predicted molar refractivity (Wildman–Crippen MR) is 72.0 cm³/mol. The van der Waals surface area contributed by atoms with Crippen LogP contribution in [0.2, 0.25) is 0 Å². The molecule has 1 heterocycles. The Kier molecular flexibility index (Phi) is 4.30. The van der Waals surface area contributed by atoms with Gasteiger partial charge in [0, 0.05) is 25.9 Å². The molecule has 2 rings (SSSR count). The molecule has 1 aliphatic carbocycles. The lowest BCUT2D eigenvalue weighted by atomic mass is 9.92. The van der Waals surface area contributed by atoms with Gasteiger partial charge in [-0.15, -0.1) is 0 Å². The molecule has 1 saturated carbocycles. The van der Waals surface area contributed by atoms with E-state index in [1.54, 1.807) is 4.90 Å². The number of amides is 2. The number of nitrogens with zero attached hydrogens (tertiary/aromatic N) is 1. The molecule has 0 aromatic rings. The third kappa shape index (κ3) is 2.94. The third-order valence-electron chi connectivity index (χ3n) is 4.54. The van der Waals surface area contributed by atoms with E-state index in [2.05, 4.69) is 5.32 Å². The largest absolute Gasteiger partial charge is 0.480 e. The van der Waals surface area contributed by atoms with Crippen LogP contribution in [0.3, 0.4) is 0 Å². The van der Waals surface area contributed by atoms with E-state index in [9.17, 15) is 19.5 Å². The van der Waals surface area contributed by atoms with E-state index in [1.807, 2.05) is 0 Å². The first kappa shape index (κ1) is 14.8. The second-order valence-electron chi connectivity index (χ2n) is 5.86. The van der Waals surface area contributed by atoms with Crippen molar-refractivity contribution in [3.05, 3.63) is 0 Å². The van der Waals surface area contributed by atoms with Gasteiger partial charge in [-0.05, 0) is 25.7 Å². The summed E-state index contributed by atoms with van der Waals surface area (Å²) in [6.45, 7) is 2.68. The van der Waals surface area contributed by atoms with Gasteiger partial charge in [0.25, 0.3) is 0 Å². The third-order valence-corrected chi connectivity index (χ3v) is 4.54. The zero-order chi connectivity index (χ0) is 14.8. The number of hydrogen-bond acceptors (Lipinski definition) is 3. The number of aliphatic carboxylic acids is 1. The molecule has 0 spiro atoms. The molecule has 0 aromatic heterocycles. The SMILES string of the molecule is CC(=O)N1CCC(C(=O)NC2(C(=O)O)CCCC2)CC1. The number of carbonyl (C=O) groups is 3. The van der Waals surface area contributed by atoms with Crippen LogP contribution in [0.15, 0.2) is 0 Å². The molecule has 1 aliphatic heterocycles. The second-order valence-corrected chi connectivity index (χ2v) is 5.86. The summed E-state index contributed by atoms with van der Waals surface area (Å²) in [7, 11) is 0. The Hall–Kier alpha value is -1.59. The van der Waals surface area contributed by atoms with Crippen molar-refractivity contribution in [3.8, 4) is 0 Å². The Morgan fingerprint density at radius 1 is 1.15 bits per heavy atom. The van der Waals surface area contributed by atoms with Gasteiger partial charge in [-0.2, -0.15) is 0 Å². The molecule has 2 fully saturated rings. The molecule has 1 saturated heterocycles. The molecule has 0 aromatic carbocycles. The molecule has 2 amide bonds. The number of piperidine rings is 1. The summed E-state index contributed by atoms with van der Waals surface area (Å²) in [5, 5.41) is 12.1. The van der Waals surface area contributed by atoms with Gasteiger partial charge in [-0.1, -0.05) is 12.8 Å². The zero-order valence-electron chi connectivity index (χ0n) is 11.9. The van der Waals surface area contributed by atoms with Gasteiger partial charge >= 0.3 is 5.97 Å². The first-order valence-electron chi connectivity index (χ1n) is 7.25. The van der Waals surface area contributed by atoms with Gasteiger partial charge in [0.05, 0.1) is 0 Å². The predicted octanol–water partition coefficient (Wildman–Crippen LogP) is 0.758. The van der Waals surface area contributed by atoms with Crippen molar-refractivity contribution in [2.45, 2.75) is 51.0 Å². The van der Waals surface area contributed by atoms with Crippen molar-refractivity contribution in [1.82, 2.24) is 10.2 Å². The Balaban J connectivity index is 1.92. The van der Waals surface area contributed by atoms with Crippen molar-refractivity contribution in [1.29, 1.82) is 0 Å². The van der Waals surface area contributed by atoms with Gasteiger partial charge in [0.15, 0.2) is 0 Å². The summed E-state index contributed by atoms with van der Waals surface area (Å²) in [6, 6.07) is 0. The van der Waals surface area contributed by atoms with Crippen molar-refractivity contribution >= 4 is 17.8 Å². The second kappa shape index (κ2) is 5.81. The van der Waals surface area contributed by atoms with Gasteiger partial charge in [0.2, 0.25) is 11.8 Å². The Morgan fingerprint density at radius 3 is 2.15 bits per heavy atom. The molecular formula is C14H22N2O4. The van der Waals surface area contributed by atoms with Gasteiger partial charge in [-0.25, -0.2) is 4.79 Å². The number of carboxylic acids is 1. The number of rotatable bonds is 3. The van der Waals surface area contributed by atoms with Gasteiger partial charge < -0.3 is 15.3 Å².